The summed E-state index contributed by atoms with van der Waals surface area (Å²) in [4.78, 5) is 19.2. The van der Waals surface area contributed by atoms with Crippen LogP contribution in [0.5, 0.6) is 0 Å². The summed E-state index contributed by atoms with van der Waals surface area (Å²) in [7, 11) is 0. The lowest BCUT2D eigenvalue weighted by molar-refractivity contribution is -0.114. The summed E-state index contributed by atoms with van der Waals surface area (Å²) in [6.45, 7) is 1.41. The van der Waals surface area contributed by atoms with Gasteiger partial charge in [0, 0.05) is 6.92 Å². The van der Waals surface area contributed by atoms with Gasteiger partial charge in [-0.2, -0.15) is 0 Å². The number of halogens is 1. The predicted octanol–water partition coefficient (Wildman–Crippen LogP) is 2.23. The van der Waals surface area contributed by atoms with E-state index in [-0.39, 0.29) is 5.91 Å². The van der Waals surface area contributed by atoms with Gasteiger partial charge in [-0.3, -0.25) is 4.79 Å². The zero-order chi connectivity index (χ0) is 14.1. The highest BCUT2D eigenvalue weighted by molar-refractivity contribution is 6.32. The Hall–Kier alpha value is -2.47. The smallest absolute Gasteiger partial charge is 0.222 e. The molecule has 0 saturated heterocycles. The molecule has 1 N–H and O–H groups in total. The first-order valence-electron chi connectivity index (χ1n) is 5.80. The van der Waals surface area contributed by atoms with Gasteiger partial charge >= 0.3 is 0 Å². The lowest BCUT2D eigenvalue weighted by atomic mass is 10.3. The fourth-order valence-corrected chi connectivity index (χ4v) is 2.07. The summed E-state index contributed by atoms with van der Waals surface area (Å²) >= 11 is 6.17. The number of benzene rings is 1. The molecule has 0 aliphatic heterocycles. The third-order valence-electron chi connectivity index (χ3n) is 2.65. The first-order valence-corrected chi connectivity index (χ1v) is 6.18. The first kappa shape index (κ1) is 12.6. The fraction of sp³-hybridized carbons (Fsp3) is 0.0769. The normalized spacial score (nSPS) is 10.7. The van der Waals surface area contributed by atoms with Gasteiger partial charge in [-0.25, -0.2) is 14.6 Å². The fourth-order valence-electron chi connectivity index (χ4n) is 1.85. The number of nitrogens with zero attached hydrogens (tertiary/aromatic N) is 4. The van der Waals surface area contributed by atoms with Crippen molar-refractivity contribution in [2.24, 2.45) is 0 Å². The molecule has 1 aromatic carbocycles. The molecular formula is C13H9ClN5O. The van der Waals surface area contributed by atoms with Crippen LogP contribution < -0.4 is 5.32 Å². The van der Waals surface area contributed by atoms with Crippen molar-refractivity contribution in [2.75, 3.05) is 5.32 Å². The number of hydrogen-bond acceptors (Lipinski definition) is 4. The zero-order valence-electron chi connectivity index (χ0n) is 10.5. The van der Waals surface area contributed by atoms with E-state index in [0.717, 1.165) is 0 Å². The zero-order valence-corrected chi connectivity index (χ0v) is 11.2. The van der Waals surface area contributed by atoms with Gasteiger partial charge in [0.15, 0.2) is 11.5 Å². The molecule has 2 aromatic heterocycles. The van der Waals surface area contributed by atoms with Gasteiger partial charge < -0.3 is 5.32 Å². The van der Waals surface area contributed by atoms with Crippen molar-refractivity contribution >= 4 is 34.4 Å². The van der Waals surface area contributed by atoms with Crippen molar-refractivity contribution in [1.29, 1.82) is 0 Å². The summed E-state index contributed by atoms with van der Waals surface area (Å²) in [5, 5.41) is 8.02. The van der Waals surface area contributed by atoms with Crippen LogP contribution in [0.2, 0.25) is 5.02 Å². The first-order chi connectivity index (χ1) is 9.66. The van der Waals surface area contributed by atoms with Crippen molar-refractivity contribution in [2.45, 2.75) is 6.92 Å². The Morgan fingerprint density at radius 3 is 2.95 bits per heavy atom. The standard InChI is InChI=1S/C13H9ClN5O/c1-8(20)17-12-9-6-15-7-16-13(9)19(18-12)11-5-3-2-4-10(11)14/h2-5,7H,1H3,(H,17,18,20). The molecule has 6 nitrogen and oxygen atoms in total. The highest BCUT2D eigenvalue weighted by Gasteiger charge is 2.15. The lowest BCUT2D eigenvalue weighted by Crippen LogP contribution is -2.07. The molecule has 7 heteroatoms. The molecule has 1 radical (unpaired) electrons. The van der Waals surface area contributed by atoms with Crippen LogP contribution in [0.25, 0.3) is 16.7 Å². The second-order valence-corrected chi connectivity index (χ2v) is 4.48. The number of hydrogen-bond donors (Lipinski definition) is 1. The van der Waals surface area contributed by atoms with E-state index in [4.69, 9.17) is 11.6 Å². The van der Waals surface area contributed by atoms with Gasteiger partial charge in [-0.15, -0.1) is 5.10 Å². The molecule has 3 rings (SSSR count). The van der Waals surface area contributed by atoms with Crippen LogP contribution in [0.3, 0.4) is 0 Å². The van der Waals surface area contributed by atoms with Gasteiger partial charge in [0.25, 0.3) is 0 Å². The van der Waals surface area contributed by atoms with Crippen LogP contribution in [0.4, 0.5) is 5.82 Å². The summed E-state index contributed by atoms with van der Waals surface area (Å²) < 4.78 is 1.56. The second-order valence-electron chi connectivity index (χ2n) is 4.08. The average molecular weight is 287 g/mol. The highest BCUT2D eigenvalue weighted by Crippen LogP contribution is 2.26. The average Bonchev–Trinajstić information content (AvgIpc) is 2.78. The van der Waals surface area contributed by atoms with Crippen LogP contribution >= 0.6 is 11.6 Å². The van der Waals surface area contributed by atoms with Gasteiger partial charge in [-0.1, -0.05) is 23.7 Å². The quantitative estimate of drug-likeness (QED) is 0.784. The third-order valence-corrected chi connectivity index (χ3v) is 2.97. The minimum atomic E-state index is -0.229. The molecule has 99 valence electrons. The monoisotopic (exact) mass is 286 g/mol. The van der Waals surface area contributed by atoms with Gasteiger partial charge in [0.2, 0.25) is 5.91 Å². The van der Waals surface area contributed by atoms with E-state index in [2.05, 4.69) is 26.6 Å². The molecule has 0 fully saturated rings. The Kier molecular flexibility index (Phi) is 3.08. The van der Waals surface area contributed by atoms with Gasteiger partial charge in [0.05, 0.1) is 16.1 Å². The Bertz CT molecular complexity index is 798. The molecule has 0 saturated carbocycles. The lowest BCUT2D eigenvalue weighted by Gasteiger charge is -2.04. The molecule has 0 aliphatic rings. The van der Waals surface area contributed by atoms with Crippen LogP contribution in [0, 0.1) is 6.20 Å². The maximum Gasteiger partial charge on any atom is 0.222 e. The van der Waals surface area contributed by atoms with E-state index in [1.807, 2.05) is 18.2 Å². The number of anilines is 1. The summed E-state index contributed by atoms with van der Waals surface area (Å²) in [5.41, 5.74) is 1.19. The Labute approximate surface area is 119 Å². The molecule has 20 heavy (non-hydrogen) atoms. The van der Waals surface area contributed by atoms with E-state index >= 15 is 0 Å². The van der Waals surface area contributed by atoms with Gasteiger partial charge in [-0.05, 0) is 12.1 Å². The number of carbonyl (C=O) groups is 1. The van der Waals surface area contributed by atoms with Crippen molar-refractivity contribution in [3.8, 4) is 5.69 Å². The third kappa shape index (κ3) is 2.10. The largest absolute Gasteiger partial charge is 0.309 e. The Morgan fingerprint density at radius 2 is 2.20 bits per heavy atom. The topological polar surface area (TPSA) is 72.7 Å². The molecule has 0 aliphatic carbocycles. The van der Waals surface area contributed by atoms with Crippen LogP contribution in [0.1, 0.15) is 6.92 Å². The predicted molar refractivity (Wildman–Crippen MR) is 74.8 cm³/mol. The summed E-state index contributed by atoms with van der Waals surface area (Å²) in [6, 6.07) is 7.24. The maximum atomic E-state index is 11.2. The molecule has 3 aromatic rings. The number of nitrogens with one attached hydrogen (secondary N) is 1. The highest BCUT2D eigenvalue weighted by atomic mass is 35.5. The minimum Gasteiger partial charge on any atom is -0.309 e. The molecule has 0 bridgehead atoms. The molecule has 0 spiro atoms. The van der Waals surface area contributed by atoms with Crippen LogP contribution in [-0.2, 0) is 4.79 Å². The van der Waals surface area contributed by atoms with Crippen molar-refractivity contribution in [3.05, 3.63) is 41.8 Å². The van der Waals surface area contributed by atoms with Crippen LogP contribution in [-0.4, -0.2) is 25.7 Å². The Balaban J connectivity index is 2.26. The van der Waals surface area contributed by atoms with Crippen molar-refractivity contribution < 1.29 is 4.79 Å². The van der Waals surface area contributed by atoms with Crippen LogP contribution in [0.15, 0.2) is 30.6 Å². The number of aromatic nitrogens is 4. The van der Waals surface area contributed by atoms with E-state index in [9.17, 15) is 4.79 Å². The van der Waals surface area contributed by atoms with E-state index < -0.39 is 0 Å². The summed E-state index contributed by atoms with van der Waals surface area (Å²) in [6.07, 6.45) is 4.15. The summed E-state index contributed by atoms with van der Waals surface area (Å²) in [5.74, 6) is 0.126. The van der Waals surface area contributed by atoms with E-state index in [1.165, 1.54) is 13.3 Å². The number of amides is 1. The second kappa shape index (κ2) is 4.90. The molecular weight excluding hydrogens is 278 g/mol. The van der Waals surface area contributed by atoms with Crippen molar-refractivity contribution in [3.63, 3.8) is 0 Å². The van der Waals surface area contributed by atoms with E-state index in [1.54, 1.807) is 10.7 Å². The minimum absolute atomic E-state index is 0.229. The molecule has 2 heterocycles. The molecule has 0 atom stereocenters. The number of carbonyl (C=O) groups excluding carboxylic acids is 1. The van der Waals surface area contributed by atoms with E-state index in [0.29, 0.717) is 27.6 Å². The Morgan fingerprint density at radius 1 is 1.40 bits per heavy atom. The van der Waals surface area contributed by atoms with Crippen molar-refractivity contribution in [1.82, 2.24) is 19.7 Å². The maximum absolute atomic E-state index is 11.2. The molecule has 0 unspecified atom stereocenters. The number of fused-ring (bicyclic) bond motifs is 1. The molecule has 1 amide bonds. The number of rotatable bonds is 2. The van der Waals surface area contributed by atoms with Gasteiger partial charge in [0.1, 0.15) is 12.5 Å². The number of para-hydroxylation sites is 1. The SMILES string of the molecule is CC(=O)Nc1nn(-c2ccccc2Cl)c2ncn[c]c12.